The fourth-order valence-corrected chi connectivity index (χ4v) is 3.56. The number of nitrogens with one attached hydrogen (secondary N) is 1. The first-order valence-corrected chi connectivity index (χ1v) is 9.25. The summed E-state index contributed by atoms with van der Waals surface area (Å²) in [7, 11) is 0. The van der Waals surface area contributed by atoms with Gasteiger partial charge in [-0.15, -0.1) is 0 Å². The van der Waals surface area contributed by atoms with Gasteiger partial charge in [0, 0.05) is 24.8 Å². The summed E-state index contributed by atoms with van der Waals surface area (Å²) in [5.74, 6) is 2.63. The van der Waals surface area contributed by atoms with Crippen LogP contribution in [0.2, 0.25) is 0 Å². The molecule has 0 radical (unpaired) electrons. The topological polar surface area (TPSA) is 41.0 Å². The maximum atomic E-state index is 4.69. The molecular formula is C22H24N4. The molecule has 4 rings (SSSR count). The highest BCUT2D eigenvalue weighted by atomic mass is 15.2. The van der Waals surface area contributed by atoms with E-state index in [2.05, 4.69) is 81.7 Å². The van der Waals surface area contributed by atoms with Crippen molar-refractivity contribution in [2.75, 3.05) is 16.8 Å². The van der Waals surface area contributed by atoms with Gasteiger partial charge < -0.3 is 10.2 Å². The minimum atomic E-state index is 0.790. The minimum absolute atomic E-state index is 0.790. The second-order valence-corrected chi connectivity index (χ2v) is 6.73. The number of rotatable bonds is 4. The van der Waals surface area contributed by atoms with Crippen molar-refractivity contribution in [3.05, 3.63) is 77.1 Å². The largest absolute Gasteiger partial charge is 0.352 e. The number of para-hydroxylation sites is 1. The Hall–Kier alpha value is -2.88. The van der Waals surface area contributed by atoms with Gasteiger partial charge in [0.05, 0.1) is 0 Å². The van der Waals surface area contributed by atoms with Gasteiger partial charge in [-0.3, -0.25) is 0 Å². The summed E-state index contributed by atoms with van der Waals surface area (Å²) >= 11 is 0. The van der Waals surface area contributed by atoms with Crippen LogP contribution in [0.4, 0.5) is 17.3 Å². The van der Waals surface area contributed by atoms with Crippen LogP contribution in [0.1, 0.15) is 29.4 Å². The van der Waals surface area contributed by atoms with Crippen LogP contribution >= 0.6 is 0 Å². The zero-order chi connectivity index (χ0) is 17.9. The molecule has 0 atom stereocenters. The minimum Gasteiger partial charge on any atom is -0.352 e. The van der Waals surface area contributed by atoms with Gasteiger partial charge in [-0.2, -0.15) is 0 Å². The number of hydrogen-bond donors (Lipinski definition) is 1. The van der Waals surface area contributed by atoms with Gasteiger partial charge in [0.25, 0.3) is 0 Å². The predicted molar refractivity (Wildman–Crippen MR) is 107 cm³/mol. The molecule has 0 saturated carbocycles. The van der Waals surface area contributed by atoms with Crippen molar-refractivity contribution in [2.24, 2.45) is 0 Å². The fraction of sp³-hybridized carbons (Fsp3) is 0.273. The number of benzene rings is 2. The molecule has 0 unspecified atom stereocenters. The molecule has 0 aliphatic carbocycles. The molecule has 1 aliphatic heterocycles. The van der Waals surface area contributed by atoms with Crippen molar-refractivity contribution in [1.29, 1.82) is 0 Å². The zero-order valence-corrected chi connectivity index (χ0v) is 15.4. The Morgan fingerprint density at radius 1 is 1.00 bits per heavy atom. The van der Waals surface area contributed by atoms with Crippen molar-refractivity contribution in [3.8, 4) is 0 Å². The maximum absolute atomic E-state index is 4.69. The van der Waals surface area contributed by atoms with Crippen LogP contribution in [-0.4, -0.2) is 16.5 Å². The second-order valence-electron chi connectivity index (χ2n) is 6.73. The molecule has 0 bridgehead atoms. The molecule has 26 heavy (non-hydrogen) atoms. The Balaban J connectivity index is 1.61. The summed E-state index contributed by atoms with van der Waals surface area (Å²) in [5.41, 5.74) is 5.24. The molecule has 0 amide bonds. The molecule has 3 aromatic rings. The maximum Gasteiger partial charge on any atom is 0.136 e. The highest BCUT2D eigenvalue weighted by Crippen LogP contribution is 2.26. The van der Waals surface area contributed by atoms with E-state index in [-0.39, 0.29) is 0 Å². The summed E-state index contributed by atoms with van der Waals surface area (Å²) < 4.78 is 0. The zero-order valence-electron chi connectivity index (χ0n) is 15.4. The molecule has 2 aromatic carbocycles. The van der Waals surface area contributed by atoms with Crippen molar-refractivity contribution < 1.29 is 0 Å². The summed E-state index contributed by atoms with van der Waals surface area (Å²) in [5, 5.41) is 3.49. The Labute approximate surface area is 154 Å². The van der Waals surface area contributed by atoms with Crippen LogP contribution in [0.25, 0.3) is 0 Å². The quantitative estimate of drug-likeness (QED) is 0.748. The lowest BCUT2D eigenvalue weighted by atomic mass is 10.00. The van der Waals surface area contributed by atoms with Crippen molar-refractivity contribution in [3.63, 3.8) is 0 Å². The van der Waals surface area contributed by atoms with E-state index in [1.165, 1.54) is 16.7 Å². The van der Waals surface area contributed by atoms with Gasteiger partial charge in [0.1, 0.15) is 17.5 Å². The van der Waals surface area contributed by atoms with Gasteiger partial charge in [-0.25, -0.2) is 9.97 Å². The number of fused-ring (bicyclic) bond motifs is 1. The summed E-state index contributed by atoms with van der Waals surface area (Å²) in [6.07, 6.45) is 2.05. The molecule has 1 N–H and O–H groups in total. The summed E-state index contributed by atoms with van der Waals surface area (Å²) in [6.45, 7) is 6.01. The second kappa shape index (κ2) is 7.16. The Morgan fingerprint density at radius 3 is 2.62 bits per heavy atom. The van der Waals surface area contributed by atoms with E-state index in [4.69, 9.17) is 0 Å². The molecule has 0 fully saturated rings. The van der Waals surface area contributed by atoms with Crippen LogP contribution in [0.3, 0.4) is 0 Å². The molecule has 0 spiro atoms. The van der Waals surface area contributed by atoms with Gasteiger partial charge in [-0.05, 0) is 42.5 Å². The summed E-state index contributed by atoms with van der Waals surface area (Å²) in [6, 6.07) is 19.1. The van der Waals surface area contributed by atoms with Crippen LogP contribution in [0.5, 0.6) is 0 Å². The van der Waals surface area contributed by atoms with E-state index in [0.29, 0.717) is 0 Å². The molecule has 1 aliphatic rings. The molecule has 4 nitrogen and oxygen atoms in total. The number of aryl methyl sites for hydroxylation is 2. The van der Waals surface area contributed by atoms with E-state index in [1.807, 2.05) is 6.92 Å². The van der Waals surface area contributed by atoms with Crippen molar-refractivity contribution in [1.82, 2.24) is 9.97 Å². The Kier molecular flexibility index (Phi) is 4.57. The molecule has 0 saturated heterocycles. The lowest BCUT2D eigenvalue weighted by Crippen LogP contribution is -2.31. The number of hydrogen-bond acceptors (Lipinski definition) is 4. The van der Waals surface area contributed by atoms with Crippen LogP contribution in [0, 0.1) is 6.92 Å². The SMILES string of the molecule is CCc1ccccc1Nc1cc(N2CCc3ccccc3C2)nc(C)n1. The van der Waals surface area contributed by atoms with Gasteiger partial charge >= 0.3 is 0 Å². The Morgan fingerprint density at radius 2 is 1.77 bits per heavy atom. The average Bonchev–Trinajstić information content (AvgIpc) is 2.67. The van der Waals surface area contributed by atoms with Gasteiger partial charge in [0.2, 0.25) is 0 Å². The lowest BCUT2D eigenvalue weighted by molar-refractivity contribution is 0.717. The van der Waals surface area contributed by atoms with E-state index in [9.17, 15) is 0 Å². The molecule has 2 heterocycles. The smallest absolute Gasteiger partial charge is 0.136 e. The highest BCUT2D eigenvalue weighted by molar-refractivity contribution is 5.63. The monoisotopic (exact) mass is 344 g/mol. The van der Waals surface area contributed by atoms with Crippen LogP contribution in [-0.2, 0) is 19.4 Å². The van der Waals surface area contributed by atoms with E-state index in [0.717, 1.165) is 49.1 Å². The molecule has 1 aromatic heterocycles. The standard InChI is InChI=1S/C22H24N4/c1-3-17-8-6-7-11-20(17)25-21-14-22(24-16(2)23-21)26-13-12-18-9-4-5-10-19(18)15-26/h4-11,14H,3,12-13,15H2,1-2H3,(H,23,24,25). The van der Waals surface area contributed by atoms with Crippen LogP contribution < -0.4 is 10.2 Å². The van der Waals surface area contributed by atoms with E-state index < -0.39 is 0 Å². The average molecular weight is 344 g/mol. The van der Waals surface area contributed by atoms with Gasteiger partial charge in [0.15, 0.2) is 0 Å². The number of aromatic nitrogens is 2. The van der Waals surface area contributed by atoms with Crippen molar-refractivity contribution >= 4 is 17.3 Å². The normalized spacial score (nSPS) is 13.4. The Bertz CT molecular complexity index is 920. The lowest BCUT2D eigenvalue weighted by Gasteiger charge is -2.30. The third kappa shape index (κ3) is 3.40. The van der Waals surface area contributed by atoms with E-state index in [1.54, 1.807) is 0 Å². The molecule has 4 heteroatoms. The predicted octanol–water partition coefficient (Wildman–Crippen LogP) is 4.65. The molecule has 132 valence electrons. The first-order valence-electron chi connectivity index (χ1n) is 9.25. The van der Waals surface area contributed by atoms with Crippen LogP contribution in [0.15, 0.2) is 54.6 Å². The summed E-state index contributed by atoms with van der Waals surface area (Å²) in [4.78, 5) is 11.6. The van der Waals surface area contributed by atoms with Crippen molar-refractivity contribution in [2.45, 2.75) is 33.2 Å². The number of nitrogens with zero attached hydrogens (tertiary/aromatic N) is 3. The highest BCUT2D eigenvalue weighted by Gasteiger charge is 2.18. The van der Waals surface area contributed by atoms with E-state index >= 15 is 0 Å². The first kappa shape index (κ1) is 16.6. The molecular weight excluding hydrogens is 320 g/mol. The third-order valence-electron chi connectivity index (χ3n) is 4.94. The fourth-order valence-electron chi connectivity index (χ4n) is 3.56. The first-order chi connectivity index (χ1) is 12.7. The van der Waals surface area contributed by atoms with Gasteiger partial charge in [-0.1, -0.05) is 49.4 Å². The number of anilines is 3. The third-order valence-corrected chi connectivity index (χ3v) is 4.94.